The average molecular weight is 539 g/mol. The summed E-state index contributed by atoms with van der Waals surface area (Å²) >= 11 is 0. The Kier molecular flexibility index (Phi) is 9.86. The van der Waals surface area contributed by atoms with E-state index in [-0.39, 0.29) is 18.9 Å². The molecule has 0 unspecified atom stereocenters. The zero-order chi connectivity index (χ0) is 27.7. The fraction of sp³-hybridized carbons (Fsp3) is 0.286. The summed E-state index contributed by atoms with van der Waals surface area (Å²) in [6, 6.07) is 24.1. The Morgan fingerprint density at radius 3 is 2.08 bits per heavy atom. The first-order valence-electron chi connectivity index (χ1n) is 12.1. The summed E-state index contributed by atoms with van der Waals surface area (Å²) in [6.45, 7) is -0.414. The highest BCUT2D eigenvalue weighted by Crippen LogP contribution is 2.22. The van der Waals surface area contributed by atoms with Gasteiger partial charge in [-0.05, 0) is 35.4 Å². The van der Waals surface area contributed by atoms with E-state index < -0.39 is 28.7 Å². The minimum atomic E-state index is -4.02. The van der Waals surface area contributed by atoms with Gasteiger partial charge in [-0.15, -0.1) is 0 Å². The third-order valence-electron chi connectivity index (χ3n) is 6.07. The number of nitrogens with one attached hydrogen (secondary N) is 1. The first-order valence-corrected chi connectivity index (χ1v) is 13.5. The number of hydrogen-bond acceptors (Lipinski definition) is 5. The third-order valence-corrected chi connectivity index (χ3v) is 7.89. The maximum atomic E-state index is 14.0. The van der Waals surface area contributed by atoms with Crippen LogP contribution in [0.15, 0.2) is 84.9 Å². The largest absolute Gasteiger partial charge is 0.497 e. The van der Waals surface area contributed by atoms with Crippen LogP contribution in [0.5, 0.6) is 5.75 Å². The number of hydrogen-bond donors (Lipinski definition) is 1. The Balaban J connectivity index is 2.06. The highest BCUT2D eigenvalue weighted by atomic mass is 32.2. The Bertz CT molecular complexity index is 1320. The van der Waals surface area contributed by atoms with Crippen LogP contribution in [0.1, 0.15) is 11.1 Å². The predicted octanol–water partition coefficient (Wildman–Crippen LogP) is 2.69. The van der Waals surface area contributed by atoms with Crippen LogP contribution in [0.2, 0.25) is 0 Å². The summed E-state index contributed by atoms with van der Waals surface area (Å²) in [4.78, 5) is 28.6. The van der Waals surface area contributed by atoms with Gasteiger partial charge < -0.3 is 15.0 Å². The van der Waals surface area contributed by atoms with Crippen molar-refractivity contribution in [2.75, 3.05) is 39.1 Å². The van der Waals surface area contributed by atoms with E-state index >= 15 is 0 Å². The zero-order valence-electron chi connectivity index (χ0n) is 22.1. The molecule has 3 rings (SSSR count). The molecule has 0 aromatic heterocycles. The quantitative estimate of drug-likeness (QED) is 0.382. The number of benzene rings is 3. The third kappa shape index (κ3) is 7.11. The van der Waals surface area contributed by atoms with Crippen LogP contribution in [0.4, 0.5) is 5.69 Å². The molecule has 0 saturated carbocycles. The Morgan fingerprint density at radius 2 is 1.50 bits per heavy atom. The molecule has 10 heteroatoms. The number of anilines is 1. The van der Waals surface area contributed by atoms with Crippen molar-refractivity contribution in [3.63, 3.8) is 0 Å². The van der Waals surface area contributed by atoms with E-state index in [9.17, 15) is 18.0 Å². The van der Waals surface area contributed by atoms with Gasteiger partial charge in [-0.25, -0.2) is 4.31 Å². The first-order chi connectivity index (χ1) is 18.2. The summed E-state index contributed by atoms with van der Waals surface area (Å²) in [5.74, 6) is -0.269. The SMILES string of the molecule is CNC(=O)[C@H](Cc1ccccc1)N(Cc1cccc(OC)c1)C(=O)CN(c1ccccc1)S(=O)(=O)N(C)C. The summed E-state index contributed by atoms with van der Waals surface area (Å²) in [6.07, 6.45) is 0.252. The molecule has 3 aromatic carbocycles. The second kappa shape index (κ2) is 13.1. The standard InChI is InChI=1S/C28H34N4O5S/c1-29-28(34)26(19-22-12-7-5-8-13-22)31(20-23-14-11-17-25(18-23)37-4)27(33)21-32(38(35,36)30(2)3)24-15-9-6-10-16-24/h5-18,26H,19-21H2,1-4H3,(H,29,34)/t26-/m0/s1. The van der Waals surface area contributed by atoms with Crippen LogP contribution in [-0.4, -0.2) is 70.3 Å². The minimum Gasteiger partial charge on any atom is -0.497 e. The van der Waals surface area contributed by atoms with Crippen molar-refractivity contribution in [2.24, 2.45) is 0 Å². The Hall–Kier alpha value is -3.89. The Morgan fingerprint density at radius 1 is 0.895 bits per heavy atom. The molecule has 9 nitrogen and oxygen atoms in total. The lowest BCUT2D eigenvalue weighted by molar-refractivity contribution is -0.139. The molecule has 0 aliphatic heterocycles. The first kappa shape index (κ1) is 28.7. The lowest BCUT2D eigenvalue weighted by Crippen LogP contribution is -2.53. The highest BCUT2D eigenvalue weighted by Gasteiger charge is 2.34. The van der Waals surface area contributed by atoms with Gasteiger partial charge in [0.25, 0.3) is 0 Å². The smallest absolute Gasteiger partial charge is 0.304 e. The highest BCUT2D eigenvalue weighted by molar-refractivity contribution is 7.90. The average Bonchev–Trinajstić information content (AvgIpc) is 2.94. The number of ether oxygens (including phenoxy) is 1. The van der Waals surface area contributed by atoms with Crippen LogP contribution in [-0.2, 0) is 32.8 Å². The molecule has 1 atom stereocenters. The molecule has 0 heterocycles. The number of methoxy groups -OCH3 is 1. The van der Waals surface area contributed by atoms with Gasteiger partial charge >= 0.3 is 10.2 Å². The van der Waals surface area contributed by atoms with Crippen molar-refractivity contribution in [1.82, 2.24) is 14.5 Å². The molecular weight excluding hydrogens is 504 g/mol. The van der Waals surface area contributed by atoms with Gasteiger partial charge in [0.2, 0.25) is 11.8 Å². The summed E-state index contributed by atoms with van der Waals surface area (Å²) in [5, 5.41) is 2.66. The second-order valence-electron chi connectivity index (χ2n) is 8.83. The van der Waals surface area contributed by atoms with Gasteiger partial charge in [0.15, 0.2) is 0 Å². The molecule has 2 amide bonds. The number of likely N-dealkylation sites (N-methyl/N-ethyl adjacent to an activating group) is 1. The van der Waals surface area contributed by atoms with Crippen LogP contribution in [0, 0.1) is 0 Å². The van der Waals surface area contributed by atoms with Gasteiger partial charge in [-0.3, -0.25) is 9.59 Å². The normalized spacial score (nSPS) is 12.0. The molecule has 0 aliphatic rings. The molecule has 0 saturated heterocycles. The molecule has 0 radical (unpaired) electrons. The monoisotopic (exact) mass is 538 g/mol. The van der Waals surface area contributed by atoms with Crippen LogP contribution in [0.3, 0.4) is 0 Å². The second-order valence-corrected chi connectivity index (χ2v) is 10.9. The number of nitrogens with zero attached hydrogens (tertiary/aromatic N) is 3. The molecule has 1 N–H and O–H groups in total. The van der Waals surface area contributed by atoms with Gasteiger partial charge in [-0.2, -0.15) is 12.7 Å². The fourth-order valence-electron chi connectivity index (χ4n) is 4.00. The molecule has 0 fully saturated rings. The summed E-state index contributed by atoms with van der Waals surface area (Å²) in [7, 11) is 1.87. The molecule has 202 valence electrons. The molecule has 0 aliphatic carbocycles. The Labute approximate surface area is 224 Å². The number of carbonyl (C=O) groups is 2. The molecular formula is C28H34N4O5S. The number of rotatable bonds is 12. The number of amides is 2. The van der Waals surface area contributed by atoms with E-state index in [0.717, 1.165) is 19.7 Å². The molecule has 38 heavy (non-hydrogen) atoms. The maximum absolute atomic E-state index is 14.0. The number of para-hydroxylation sites is 1. The van der Waals surface area contributed by atoms with Gasteiger partial charge in [-0.1, -0.05) is 60.7 Å². The molecule has 0 bridgehead atoms. The lowest BCUT2D eigenvalue weighted by Gasteiger charge is -2.34. The maximum Gasteiger partial charge on any atom is 0.304 e. The van der Waals surface area contributed by atoms with Crippen molar-refractivity contribution in [3.05, 3.63) is 96.1 Å². The topological polar surface area (TPSA) is 99.3 Å². The van der Waals surface area contributed by atoms with Crippen molar-refractivity contribution < 1.29 is 22.7 Å². The number of carbonyl (C=O) groups excluding carboxylic acids is 2. The van der Waals surface area contributed by atoms with Crippen molar-refractivity contribution in [2.45, 2.75) is 19.0 Å². The van der Waals surface area contributed by atoms with Gasteiger partial charge in [0, 0.05) is 34.1 Å². The van der Waals surface area contributed by atoms with Gasteiger partial charge in [0.05, 0.1) is 12.8 Å². The van der Waals surface area contributed by atoms with E-state index in [4.69, 9.17) is 4.74 Å². The lowest BCUT2D eigenvalue weighted by atomic mass is 10.0. The molecule has 3 aromatic rings. The van der Waals surface area contributed by atoms with E-state index in [2.05, 4.69) is 5.32 Å². The van der Waals surface area contributed by atoms with Crippen molar-refractivity contribution >= 4 is 27.7 Å². The van der Waals surface area contributed by atoms with E-state index in [1.54, 1.807) is 55.6 Å². The van der Waals surface area contributed by atoms with Gasteiger partial charge in [0.1, 0.15) is 18.3 Å². The minimum absolute atomic E-state index is 0.0750. The fourth-order valence-corrected chi connectivity index (χ4v) is 5.06. The van der Waals surface area contributed by atoms with E-state index in [1.807, 2.05) is 36.4 Å². The molecule has 0 spiro atoms. The zero-order valence-corrected chi connectivity index (χ0v) is 22.9. The van der Waals surface area contributed by atoms with Crippen LogP contribution in [0.25, 0.3) is 0 Å². The van der Waals surface area contributed by atoms with E-state index in [1.165, 1.54) is 26.0 Å². The summed E-state index contributed by atoms with van der Waals surface area (Å²) < 4.78 is 34.0. The van der Waals surface area contributed by atoms with Crippen molar-refractivity contribution in [3.8, 4) is 5.75 Å². The van der Waals surface area contributed by atoms with Crippen molar-refractivity contribution in [1.29, 1.82) is 0 Å². The van der Waals surface area contributed by atoms with Crippen LogP contribution < -0.4 is 14.4 Å². The van der Waals surface area contributed by atoms with Crippen LogP contribution >= 0.6 is 0 Å². The van der Waals surface area contributed by atoms with E-state index in [0.29, 0.717) is 11.4 Å². The summed E-state index contributed by atoms with van der Waals surface area (Å²) in [5.41, 5.74) is 1.95. The predicted molar refractivity (Wildman–Crippen MR) is 148 cm³/mol.